The summed E-state index contributed by atoms with van der Waals surface area (Å²) in [6.45, 7) is 0. The first kappa shape index (κ1) is 11.9. The maximum Gasteiger partial charge on any atom is 0.254 e. The van der Waals surface area contributed by atoms with E-state index in [1.165, 1.54) is 12.1 Å². The summed E-state index contributed by atoms with van der Waals surface area (Å²) < 4.78 is 21.2. The molecule has 1 aromatic rings. The highest BCUT2D eigenvalue weighted by Gasteiger charge is 2.00. The van der Waals surface area contributed by atoms with Crippen LogP contribution in [0, 0.1) is 0 Å². The van der Waals surface area contributed by atoms with Gasteiger partial charge in [0.2, 0.25) is 0 Å². The molecule has 0 atom stereocenters. The molecule has 2 nitrogen and oxygen atoms in total. The molecule has 0 saturated carbocycles. The lowest BCUT2D eigenvalue weighted by molar-refractivity contribution is 0.617. The van der Waals surface area contributed by atoms with E-state index in [0.717, 1.165) is 5.41 Å². The zero-order valence-electron chi connectivity index (χ0n) is 6.75. The van der Waals surface area contributed by atoms with Crippen molar-refractivity contribution in [1.82, 2.24) is 0 Å². The van der Waals surface area contributed by atoms with Crippen LogP contribution in [0.25, 0.3) is 6.08 Å². The molecule has 0 aromatic heterocycles. The predicted molar refractivity (Wildman–Crippen MR) is 60.3 cm³/mol. The van der Waals surface area contributed by atoms with Crippen LogP contribution < -0.4 is 0 Å². The Balaban J connectivity index is 3.05. The van der Waals surface area contributed by atoms with Gasteiger partial charge in [0.05, 0.1) is 0 Å². The fraction of sp³-hybridized carbons (Fsp3) is 0. The second-order valence-electron chi connectivity index (χ2n) is 2.44. The molecule has 76 valence electrons. The van der Waals surface area contributed by atoms with Crippen LogP contribution in [0.2, 0.25) is 10.0 Å². The van der Waals surface area contributed by atoms with Crippen LogP contribution in [0.15, 0.2) is 23.6 Å². The van der Waals surface area contributed by atoms with Crippen molar-refractivity contribution in [2.45, 2.75) is 0 Å². The SMILES string of the molecule is O=S(=O)(Cl)/C=C/c1ccc(Cl)cc1Cl. The lowest BCUT2D eigenvalue weighted by Gasteiger charge is -1.97. The van der Waals surface area contributed by atoms with Crippen LogP contribution in [0.5, 0.6) is 0 Å². The lowest BCUT2D eigenvalue weighted by Crippen LogP contribution is -1.80. The van der Waals surface area contributed by atoms with Crippen molar-refractivity contribution in [3.8, 4) is 0 Å². The molecule has 0 aliphatic carbocycles. The number of benzene rings is 1. The molecule has 0 fully saturated rings. The Morgan fingerprint density at radius 3 is 2.36 bits per heavy atom. The fourth-order valence-electron chi connectivity index (χ4n) is 0.791. The van der Waals surface area contributed by atoms with Crippen molar-refractivity contribution < 1.29 is 8.42 Å². The smallest absolute Gasteiger partial charge is 0.208 e. The van der Waals surface area contributed by atoms with E-state index in [1.807, 2.05) is 0 Å². The Labute approximate surface area is 96.5 Å². The summed E-state index contributed by atoms with van der Waals surface area (Å²) in [6, 6.07) is 4.72. The zero-order chi connectivity index (χ0) is 10.8. The van der Waals surface area contributed by atoms with Crippen LogP contribution in [0.3, 0.4) is 0 Å². The molecule has 0 saturated heterocycles. The number of hydrogen-bond donors (Lipinski definition) is 0. The van der Waals surface area contributed by atoms with E-state index in [4.69, 9.17) is 33.9 Å². The fourth-order valence-corrected chi connectivity index (χ4v) is 1.73. The molecule has 0 aliphatic rings. The quantitative estimate of drug-likeness (QED) is 0.771. The van der Waals surface area contributed by atoms with Gasteiger partial charge in [0.15, 0.2) is 0 Å². The summed E-state index contributed by atoms with van der Waals surface area (Å²) in [5.41, 5.74) is 0.542. The minimum absolute atomic E-state index is 0.370. The van der Waals surface area contributed by atoms with Gasteiger partial charge in [-0.25, -0.2) is 8.42 Å². The largest absolute Gasteiger partial charge is 0.254 e. The van der Waals surface area contributed by atoms with E-state index in [9.17, 15) is 8.42 Å². The van der Waals surface area contributed by atoms with E-state index in [-0.39, 0.29) is 0 Å². The Morgan fingerprint density at radius 2 is 1.86 bits per heavy atom. The van der Waals surface area contributed by atoms with E-state index >= 15 is 0 Å². The summed E-state index contributed by atoms with van der Waals surface area (Å²) in [7, 11) is 1.33. The van der Waals surface area contributed by atoms with Gasteiger partial charge in [-0.1, -0.05) is 29.3 Å². The normalized spacial score (nSPS) is 12.2. The van der Waals surface area contributed by atoms with Crippen LogP contribution in [0.1, 0.15) is 5.56 Å². The Bertz CT molecular complexity index is 465. The van der Waals surface area contributed by atoms with Crippen LogP contribution in [0.4, 0.5) is 0 Å². The van der Waals surface area contributed by atoms with Crippen LogP contribution in [-0.4, -0.2) is 8.42 Å². The highest BCUT2D eigenvalue weighted by molar-refractivity contribution is 8.16. The second-order valence-corrected chi connectivity index (χ2v) is 5.80. The van der Waals surface area contributed by atoms with Crippen LogP contribution >= 0.6 is 33.9 Å². The first-order chi connectivity index (χ1) is 6.38. The summed E-state index contributed by atoms with van der Waals surface area (Å²) >= 11 is 11.4. The molecular formula is C8H5Cl3O2S. The lowest BCUT2D eigenvalue weighted by atomic mass is 10.2. The molecule has 0 N–H and O–H groups in total. The maximum absolute atomic E-state index is 10.6. The Kier molecular flexibility index (Phi) is 3.84. The van der Waals surface area contributed by atoms with E-state index in [0.29, 0.717) is 15.6 Å². The number of rotatable bonds is 2. The van der Waals surface area contributed by atoms with E-state index < -0.39 is 9.05 Å². The third kappa shape index (κ3) is 3.88. The average Bonchev–Trinajstić information content (AvgIpc) is 2.00. The molecule has 1 rings (SSSR count). The third-order valence-corrected chi connectivity index (χ3v) is 2.70. The first-order valence-electron chi connectivity index (χ1n) is 3.46. The Hall–Kier alpha value is -0.220. The Morgan fingerprint density at radius 1 is 1.21 bits per heavy atom. The van der Waals surface area contributed by atoms with Crippen LogP contribution in [-0.2, 0) is 9.05 Å². The first-order valence-corrected chi connectivity index (χ1v) is 6.59. The monoisotopic (exact) mass is 270 g/mol. The highest BCUT2D eigenvalue weighted by Crippen LogP contribution is 2.22. The van der Waals surface area contributed by atoms with Gasteiger partial charge in [0.1, 0.15) is 0 Å². The molecule has 14 heavy (non-hydrogen) atoms. The molecule has 1 aromatic carbocycles. The molecule has 0 radical (unpaired) electrons. The van der Waals surface area contributed by atoms with Gasteiger partial charge in [-0.3, -0.25) is 0 Å². The summed E-state index contributed by atoms with van der Waals surface area (Å²) in [5.74, 6) is 0. The summed E-state index contributed by atoms with van der Waals surface area (Å²) in [6.07, 6.45) is 1.31. The number of halogens is 3. The predicted octanol–water partition coefficient (Wildman–Crippen LogP) is 3.53. The van der Waals surface area contributed by atoms with E-state index in [1.54, 1.807) is 12.1 Å². The minimum atomic E-state index is -3.65. The van der Waals surface area contributed by atoms with Crippen molar-refractivity contribution >= 4 is 49.0 Å². The molecule has 0 bridgehead atoms. The van der Waals surface area contributed by atoms with Gasteiger partial charge < -0.3 is 0 Å². The second kappa shape index (κ2) is 4.53. The van der Waals surface area contributed by atoms with Crippen molar-refractivity contribution in [2.75, 3.05) is 0 Å². The number of hydrogen-bond acceptors (Lipinski definition) is 2. The summed E-state index contributed by atoms with van der Waals surface area (Å²) in [5, 5.41) is 1.72. The molecule has 0 spiro atoms. The van der Waals surface area contributed by atoms with Gasteiger partial charge in [-0.05, 0) is 23.8 Å². The topological polar surface area (TPSA) is 34.1 Å². The van der Waals surface area contributed by atoms with Crippen molar-refractivity contribution in [1.29, 1.82) is 0 Å². The van der Waals surface area contributed by atoms with Gasteiger partial charge >= 0.3 is 0 Å². The standard InChI is InChI=1S/C8H5Cl3O2S/c9-7-2-1-6(8(10)5-7)3-4-14(11,12)13/h1-5H/b4-3+. The molecule has 0 aliphatic heterocycles. The summed E-state index contributed by atoms with van der Waals surface area (Å²) in [4.78, 5) is 0. The van der Waals surface area contributed by atoms with Gasteiger partial charge in [0, 0.05) is 26.1 Å². The van der Waals surface area contributed by atoms with Crippen molar-refractivity contribution in [3.63, 3.8) is 0 Å². The third-order valence-electron chi connectivity index (χ3n) is 1.37. The molecule has 0 amide bonds. The average molecular weight is 272 g/mol. The van der Waals surface area contributed by atoms with Crippen molar-refractivity contribution in [3.05, 3.63) is 39.2 Å². The highest BCUT2D eigenvalue weighted by atomic mass is 35.7. The van der Waals surface area contributed by atoms with Gasteiger partial charge in [0.25, 0.3) is 9.05 Å². The molecule has 0 heterocycles. The van der Waals surface area contributed by atoms with Crippen molar-refractivity contribution in [2.24, 2.45) is 0 Å². The molecule has 0 unspecified atom stereocenters. The van der Waals surface area contributed by atoms with Gasteiger partial charge in [-0.15, -0.1) is 0 Å². The molecule has 6 heteroatoms. The zero-order valence-corrected chi connectivity index (χ0v) is 9.83. The maximum atomic E-state index is 10.6. The van der Waals surface area contributed by atoms with E-state index in [2.05, 4.69) is 0 Å². The van der Waals surface area contributed by atoms with Gasteiger partial charge in [-0.2, -0.15) is 0 Å². The molecular weight excluding hydrogens is 267 g/mol. The minimum Gasteiger partial charge on any atom is -0.208 e.